The molecule has 0 fully saturated rings. The molecule has 0 saturated carbocycles. The minimum Gasteiger partial charge on any atom is -0.476 e. The maximum Gasteiger partial charge on any atom is 0.357 e. The van der Waals surface area contributed by atoms with Crippen molar-refractivity contribution in [2.45, 2.75) is 4.21 Å². The first-order valence-electron chi connectivity index (χ1n) is 4.35. The molecular weight excluding hydrogens is 364 g/mol. The molecule has 0 atom stereocenters. The highest BCUT2D eigenvalue weighted by atomic mass is 79.9. The zero-order valence-electron chi connectivity index (χ0n) is 8.45. The minimum atomic E-state index is -3.77. The third-order valence-electron chi connectivity index (χ3n) is 1.81. The number of halogens is 1. The molecule has 18 heavy (non-hydrogen) atoms. The summed E-state index contributed by atoms with van der Waals surface area (Å²) in [5, 5.41) is 8.82. The van der Waals surface area contributed by atoms with Gasteiger partial charge in [-0.3, -0.25) is 4.72 Å². The van der Waals surface area contributed by atoms with Gasteiger partial charge in [0.1, 0.15) is 9.21 Å². The Bertz CT molecular complexity index is 691. The fourth-order valence-electron chi connectivity index (χ4n) is 1.09. The minimum absolute atomic E-state index is 0.00739. The molecule has 0 aromatic carbocycles. The molecule has 2 aromatic rings. The van der Waals surface area contributed by atoms with E-state index in [1.54, 1.807) is 6.07 Å². The Morgan fingerprint density at radius 3 is 2.72 bits per heavy atom. The first kappa shape index (κ1) is 13.5. The highest BCUT2D eigenvalue weighted by Gasteiger charge is 2.22. The number of carbonyl (C=O) groups is 1. The number of aromatic nitrogens is 1. The maximum absolute atomic E-state index is 12.0. The molecule has 0 aliphatic heterocycles. The second kappa shape index (κ2) is 4.96. The number of anilines is 1. The summed E-state index contributed by atoms with van der Waals surface area (Å²) in [6.07, 6.45) is 0. The summed E-state index contributed by atoms with van der Waals surface area (Å²) in [5.41, 5.74) is 0.963. The summed E-state index contributed by atoms with van der Waals surface area (Å²) >= 11 is 5.11. The molecule has 0 saturated heterocycles. The van der Waals surface area contributed by atoms with Gasteiger partial charge in [-0.1, -0.05) is 0 Å². The standard InChI is InChI=1S/C8H5BrN2O4S3/c9-4-1-2-5(17-4)18(14,15)11-7-6(8(12)13)10-3-16-7/h1-3,11H,(H,12,13). The van der Waals surface area contributed by atoms with Gasteiger partial charge in [0.25, 0.3) is 10.0 Å². The number of hydrogen-bond acceptors (Lipinski definition) is 6. The van der Waals surface area contributed by atoms with Gasteiger partial charge in [0.15, 0.2) is 5.69 Å². The lowest BCUT2D eigenvalue weighted by Gasteiger charge is -2.03. The second-order valence-corrected chi connectivity index (χ2v) is 8.23. The largest absolute Gasteiger partial charge is 0.476 e. The lowest BCUT2D eigenvalue weighted by molar-refractivity contribution is 0.0692. The Labute approximate surface area is 118 Å². The van der Waals surface area contributed by atoms with Crippen molar-refractivity contribution < 1.29 is 18.3 Å². The molecule has 0 radical (unpaired) electrons. The lowest BCUT2D eigenvalue weighted by Crippen LogP contribution is -2.13. The number of rotatable bonds is 4. The summed E-state index contributed by atoms with van der Waals surface area (Å²) in [6, 6.07) is 3.03. The molecule has 0 aliphatic carbocycles. The van der Waals surface area contributed by atoms with Gasteiger partial charge in [0, 0.05) is 0 Å². The van der Waals surface area contributed by atoms with Crippen LogP contribution in [0.1, 0.15) is 10.5 Å². The number of hydrogen-bond donors (Lipinski definition) is 2. The van der Waals surface area contributed by atoms with E-state index in [2.05, 4.69) is 25.6 Å². The fraction of sp³-hybridized carbons (Fsp3) is 0. The first-order chi connectivity index (χ1) is 8.40. The number of aromatic carboxylic acids is 1. The van der Waals surface area contributed by atoms with Gasteiger partial charge < -0.3 is 5.11 Å². The van der Waals surface area contributed by atoms with Crippen molar-refractivity contribution >= 4 is 59.6 Å². The zero-order chi connectivity index (χ0) is 13.3. The Balaban J connectivity index is 2.34. The summed E-state index contributed by atoms with van der Waals surface area (Å²) in [4.78, 5) is 14.4. The van der Waals surface area contributed by atoms with Crippen LogP contribution in [0.2, 0.25) is 0 Å². The molecule has 0 bridgehead atoms. The average molecular weight is 369 g/mol. The lowest BCUT2D eigenvalue weighted by atomic mass is 10.5. The van der Waals surface area contributed by atoms with Crippen molar-refractivity contribution in [1.29, 1.82) is 0 Å². The van der Waals surface area contributed by atoms with Crippen molar-refractivity contribution in [2.24, 2.45) is 0 Å². The van der Waals surface area contributed by atoms with E-state index in [-0.39, 0.29) is 14.9 Å². The van der Waals surface area contributed by atoms with Crippen LogP contribution in [0.15, 0.2) is 25.6 Å². The predicted octanol–water partition coefficient (Wildman–Crippen LogP) is 2.47. The number of carboxylic acid groups (broad SMARTS) is 1. The van der Waals surface area contributed by atoms with Crippen LogP contribution in [-0.4, -0.2) is 24.5 Å². The Morgan fingerprint density at radius 1 is 1.44 bits per heavy atom. The van der Waals surface area contributed by atoms with Crippen molar-refractivity contribution in [3.8, 4) is 0 Å². The quantitative estimate of drug-likeness (QED) is 0.863. The maximum atomic E-state index is 12.0. The van der Waals surface area contributed by atoms with Crippen LogP contribution in [-0.2, 0) is 10.0 Å². The fourth-order valence-corrected chi connectivity index (χ4v) is 5.08. The Kier molecular flexibility index (Phi) is 3.71. The Morgan fingerprint density at radius 2 is 2.17 bits per heavy atom. The Hall–Kier alpha value is -0.970. The molecule has 2 rings (SSSR count). The van der Waals surface area contributed by atoms with E-state index in [0.717, 1.165) is 22.7 Å². The topological polar surface area (TPSA) is 96.4 Å². The van der Waals surface area contributed by atoms with Crippen molar-refractivity contribution in [3.63, 3.8) is 0 Å². The molecule has 0 aliphatic rings. The number of nitrogens with one attached hydrogen (secondary N) is 1. The van der Waals surface area contributed by atoms with Crippen molar-refractivity contribution in [3.05, 3.63) is 27.1 Å². The van der Waals surface area contributed by atoms with Gasteiger partial charge in [-0.25, -0.2) is 18.2 Å². The number of thiazole rings is 1. The predicted molar refractivity (Wildman–Crippen MR) is 71.9 cm³/mol. The van der Waals surface area contributed by atoms with Crippen LogP contribution in [0.25, 0.3) is 0 Å². The SMILES string of the molecule is O=C(O)c1ncsc1NS(=O)(=O)c1ccc(Br)s1. The van der Waals surface area contributed by atoms with Crippen LogP contribution in [0.5, 0.6) is 0 Å². The van der Waals surface area contributed by atoms with Crippen LogP contribution < -0.4 is 4.72 Å². The molecule has 2 heterocycles. The van der Waals surface area contributed by atoms with Gasteiger partial charge in [-0.2, -0.15) is 0 Å². The second-order valence-electron chi connectivity index (χ2n) is 3.00. The van der Waals surface area contributed by atoms with Gasteiger partial charge in [0.05, 0.1) is 9.30 Å². The van der Waals surface area contributed by atoms with Gasteiger partial charge in [-0.15, -0.1) is 22.7 Å². The summed E-state index contributed by atoms with van der Waals surface area (Å²) < 4.78 is 26.9. The number of thiophene rings is 1. The number of sulfonamides is 1. The molecule has 2 N–H and O–H groups in total. The van der Waals surface area contributed by atoms with E-state index in [1.165, 1.54) is 11.6 Å². The smallest absolute Gasteiger partial charge is 0.357 e. The van der Waals surface area contributed by atoms with E-state index < -0.39 is 16.0 Å². The highest BCUT2D eigenvalue weighted by molar-refractivity contribution is 9.11. The van der Waals surface area contributed by atoms with Crippen molar-refractivity contribution in [2.75, 3.05) is 4.72 Å². The third kappa shape index (κ3) is 2.71. The normalized spacial score (nSPS) is 11.4. The molecule has 10 heteroatoms. The monoisotopic (exact) mass is 368 g/mol. The molecule has 0 spiro atoms. The van der Waals surface area contributed by atoms with Crippen LogP contribution in [0.3, 0.4) is 0 Å². The number of nitrogens with zero attached hydrogens (tertiary/aromatic N) is 1. The van der Waals surface area contributed by atoms with Crippen LogP contribution in [0.4, 0.5) is 5.00 Å². The molecular formula is C8H5BrN2O4S3. The molecule has 0 unspecified atom stereocenters. The van der Waals surface area contributed by atoms with E-state index >= 15 is 0 Å². The van der Waals surface area contributed by atoms with E-state index in [0.29, 0.717) is 3.79 Å². The van der Waals surface area contributed by atoms with Crippen molar-refractivity contribution in [1.82, 2.24) is 4.98 Å². The average Bonchev–Trinajstić information content (AvgIpc) is 2.86. The van der Waals surface area contributed by atoms with Crippen LogP contribution >= 0.6 is 38.6 Å². The third-order valence-corrected chi connectivity index (χ3v) is 6.15. The van der Waals surface area contributed by atoms with Crippen LogP contribution in [0, 0.1) is 0 Å². The summed E-state index contributed by atoms with van der Waals surface area (Å²) in [5.74, 6) is -1.28. The highest BCUT2D eigenvalue weighted by Crippen LogP contribution is 2.29. The van der Waals surface area contributed by atoms with Gasteiger partial charge in [0.2, 0.25) is 0 Å². The van der Waals surface area contributed by atoms with E-state index in [4.69, 9.17) is 5.11 Å². The molecule has 96 valence electrons. The van der Waals surface area contributed by atoms with E-state index in [1.807, 2.05) is 0 Å². The van der Waals surface area contributed by atoms with E-state index in [9.17, 15) is 13.2 Å². The van der Waals surface area contributed by atoms with Gasteiger partial charge >= 0.3 is 5.97 Å². The summed E-state index contributed by atoms with van der Waals surface area (Å²) in [6.45, 7) is 0. The molecule has 6 nitrogen and oxygen atoms in total. The molecule has 0 amide bonds. The van der Waals surface area contributed by atoms with Gasteiger partial charge in [-0.05, 0) is 28.1 Å². The zero-order valence-corrected chi connectivity index (χ0v) is 12.5. The molecule has 2 aromatic heterocycles. The number of carboxylic acids is 1. The first-order valence-corrected chi connectivity index (χ1v) is 8.32. The summed E-state index contributed by atoms with van der Waals surface area (Å²) in [7, 11) is -3.77.